The Kier molecular flexibility index (Phi) is 6.10. The van der Waals surface area contributed by atoms with Gasteiger partial charge in [0.1, 0.15) is 22.5 Å². The number of hydrogen-bond donors (Lipinski definition) is 1. The van der Waals surface area contributed by atoms with Crippen LogP contribution in [0.15, 0.2) is 58.3 Å². The fourth-order valence-corrected chi connectivity index (χ4v) is 4.28. The van der Waals surface area contributed by atoms with Crippen LogP contribution in [-0.4, -0.2) is 41.0 Å². The molecule has 0 amide bonds. The summed E-state index contributed by atoms with van der Waals surface area (Å²) in [7, 11) is 4.56. The zero-order chi connectivity index (χ0) is 21.8. The predicted octanol–water partition coefficient (Wildman–Crippen LogP) is 3.37. The number of fused-ring (bicyclic) bond motifs is 1. The molecule has 9 nitrogen and oxygen atoms in total. The van der Waals surface area contributed by atoms with E-state index in [1.54, 1.807) is 43.9 Å². The molecule has 0 saturated carbocycles. The van der Waals surface area contributed by atoms with Gasteiger partial charge in [0, 0.05) is 25.0 Å². The third-order valence-electron chi connectivity index (χ3n) is 4.58. The minimum absolute atomic E-state index is 0.282. The average molecular weight is 440 g/mol. The van der Waals surface area contributed by atoms with Gasteiger partial charge in [-0.05, 0) is 29.8 Å². The molecule has 2 heterocycles. The maximum Gasteiger partial charge on any atom is 0.263 e. The number of aromatic nitrogens is 3. The number of nitrogens with one attached hydrogen (secondary N) is 1. The molecule has 1 N–H and O–H groups in total. The van der Waals surface area contributed by atoms with Gasteiger partial charge in [-0.15, -0.1) is 0 Å². The second-order valence-corrected chi connectivity index (χ2v) is 7.59. The van der Waals surface area contributed by atoms with Gasteiger partial charge in [0.15, 0.2) is 17.1 Å². The van der Waals surface area contributed by atoms with E-state index in [0.717, 1.165) is 11.3 Å². The number of anilines is 1. The highest BCUT2D eigenvalue weighted by atomic mass is 32.2. The zero-order valence-electron chi connectivity index (χ0n) is 17.1. The summed E-state index contributed by atoms with van der Waals surface area (Å²) in [6.45, 7) is 0. The van der Waals surface area contributed by atoms with E-state index in [0.29, 0.717) is 39.5 Å². The minimum atomic E-state index is -1.74. The molecular weight excluding hydrogens is 420 g/mol. The van der Waals surface area contributed by atoms with Crippen LogP contribution >= 0.6 is 0 Å². The van der Waals surface area contributed by atoms with Gasteiger partial charge in [-0.2, -0.15) is 4.72 Å². The van der Waals surface area contributed by atoms with Crippen LogP contribution in [0.5, 0.6) is 17.2 Å². The standard InChI is InChI=1S/C21H20N4O5S/c1-27-15-5-4-6-16(28-2)20(15)31(26)25-21-19-17(29-3)10-13(11-18(19)30-24-21)9-14-12-22-7-8-23-14/h4-8,10-12H,9H2,1-3H3,(H,24,25). The number of ether oxygens (including phenoxy) is 3. The highest BCUT2D eigenvalue weighted by molar-refractivity contribution is 7.93. The van der Waals surface area contributed by atoms with Crippen LogP contribution in [-0.2, 0) is 17.8 Å². The normalized spacial score (nSPS) is 11.9. The minimum Gasteiger partial charge on any atom is -0.588 e. The number of hydrogen-bond acceptors (Lipinski definition) is 9. The molecule has 1 unspecified atom stereocenters. The lowest BCUT2D eigenvalue weighted by Crippen LogP contribution is -2.15. The number of rotatable bonds is 8. The Morgan fingerprint density at radius 1 is 1.03 bits per heavy atom. The van der Waals surface area contributed by atoms with Crippen molar-refractivity contribution in [3.63, 3.8) is 0 Å². The summed E-state index contributed by atoms with van der Waals surface area (Å²) >= 11 is -1.74. The van der Waals surface area contributed by atoms with Crippen molar-refractivity contribution in [2.24, 2.45) is 0 Å². The Hall–Kier alpha value is -3.50. The van der Waals surface area contributed by atoms with Gasteiger partial charge in [0.25, 0.3) is 4.90 Å². The van der Waals surface area contributed by atoms with E-state index in [-0.39, 0.29) is 5.82 Å². The summed E-state index contributed by atoms with van der Waals surface area (Å²) in [4.78, 5) is 8.74. The monoisotopic (exact) mass is 440 g/mol. The Morgan fingerprint density at radius 3 is 2.42 bits per heavy atom. The third kappa shape index (κ3) is 4.21. The predicted molar refractivity (Wildman–Crippen MR) is 115 cm³/mol. The first-order chi connectivity index (χ1) is 15.1. The van der Waals surface area contributed by atoms with Crippen LogP contribution in [0.2, 0.25) is 0 Å². The quantitative estimate of drug-likeness (QED) is 0.412. The van der Waals surface area contributed by atoms with Gasteiger partial charge in [-0.1, -0.05) is 11.2 Å². The second kappa shape index (κ2) is 9.11. The molecule has 0 aliphatic heterocycles. The molecule has 10 heteroatoms. The Bertz CT molecular complexity index is 1160. The maximum absolute atomic E-state index is 13.1. The van der Waals surface area contributed by atoms with E-state index in [4.69, 9.17) is 18.7 Å². The van der Waals surface area contributed by atoms with E-state index < -0.39 is 11.4 Å². The average Bonchev–Trinajstić information content (AvgIpc) is 3.21. The molecular formula is C21H20N4O5S. The Labute approximate surface area is 181 Å². The lowest BCUT2D eigenvalue weighted by atomic mass is 10.1. The first-order valence-electron chi connectivity index (χ1n) is 9.25. The van der Waals surface area contributed by atoms with Crippen LogP contribution in [0.1, 0.15) is 11.3 Å². The Balaban J connectivity index is 1.68. The van der Waals surface area contributed by atoms with E-state index >= 15 is 0 Å². The molecule has 31 heavy (non-hydrogen) atoms. The van der Waals surface area contributed by atoms with Gasteiger partial charge in [-0.25, -0.2) is 0 Å². The fraction of sp³-hybridized carbons (Fsp3) is 0.190. The molecule has 0 aliphatic rings. The molecule has 0 fully saturated rings. The summed E-state index contributed by atoms with van der Waals surface area (Å²) in [5, 5.41) is 4.64. The van der Waals surface area contributed by atoms with E-state index in [9.17, 15) is 4.55 Å². The molecule has 2 aromatic carbocycles. The fourth-order valence-electron chi connectivity index (χ4n) is 3.19. The van der Waals surface area contributed by atoms with Crippen LogP contribution in [0, 0.1) is 0 Å². The van der Waals surface area contributed by atoms with Crippen LogP contribution in [0.3, 0.4) is 0 Å². The van der Waals surface area contributed by atoms with E-state index in [1.165, 1.54) is 14.2 Å². The van der Waals surface area contributed by atoms with Crippen molar-refractivity contribution in [2.45, 2.75) is 11.3 Å². The molecule has 160 valence electrons. The third-order valence-corrected chi connectivity index (χ3v) is 5.73. The molecule has 1 atom stereocenters. The summed E-state index contributed by atoms with van der Waals surface area (Å²) < 4.78 is 37.7. The van der Waals surface area contributed by atoms with Crippen molar-refractivity contribution in [2.75, 3.05) is 26.1 Å². The summed E-state index contributed by atoms with van der Waals surface area (Å²) in [6, 6.07) is 8.88. The van der Waals surface area contributed by atoms with Gasteiger partial charge < -0.3 is 23.3 Å². The van der Waals surface area contributed by atoms with Crippen LogP contribution in [0.25, 0.3) is 11.0 Å². The number of nitrogens with zero attached hydrogens (tertiary/aromatic N) is 3. The van der Waals surface area contributed by atoms with Crippen molar-refractivity contribution in [1.82, 2.24) is 15.1 Å². The number of methoxy groups -OCH3 is 3. The maximum atomic E-state index is 13.1. The lowest BCUT2D eigenvalue weighted by molar-refractivity contribution is 0.373. The molecule has 0 aliphatic carbocycles. The smallest absolute Gasteiger partial charge is 0.263 e. The number of benzene rings is 2. The molecule has 0 spiro atoms. The molecule has 4 rings (SSSR count). The Morgan fingerprint density at radius 2 is 1.77 bits per heavy atom. The lowest BCUT2D eigenvalue weighted by Gasteiger charge is -2.15. The molecule has 0 bridgehead atoms. The van der Waals surface area contributed by atoms with Gasteiger partial charge in [-0.3, -0.25) is 9.97 Å². The largest absolute Gasteiger partial charge is 0.588 e. The van der Waals surface area contributed by atoms with Gasteiger partial charge in [0.2, 0.25) is 5.82 Å². The topological polar surface area (TPSA) is 115 Å². The first-order valence-corrected chi connectivity index (χ1v) is 10.4. The van der Waals surface area contributed by atoms with Crippen molar-refractivity contribution < 1.29 is 23.3 Å². The molecule has 0 radical (unpaired) electrons. The summed E-state index contributed by atoms with van der Waals surface area (Å²) in [5.41, 5.74) is 2.22. The molecule has 0 saturated heterocycles. The summed E-state index contributed by atoms with van der Waals surface area (Å²) in [5.74, 6) is 1.67. The SMILES string of the molecule is COc1cccc(OC)c1[S+]([O-])Nc1noc2cc(Cc3cnccn3)cc(OC)c12. The van der Waals surface area contributed by atoms with Crippen molar-refractivity contribution in [3.8, 4) is 17.2 Å². The van der Waals surface area contributed by atoms with Crippen molar-refractivity contribution in [1.29, 1.82) is 0 Å². The molecule has 2 aromatic heterocycles. The summed E-state index contributed by atoms with van der Waals surface area (Å²) in [6.07, 6.45) is 5.52. The van der Waals surface area contributed by atoms with Crippen LogP contribution < -0.4 is 18.9 Å². The van der Waals surface area contributed by atoms with Crippen LogP contribution in [0.4, 0.5) is 5.82 Å². The van der Waals surface area contributed by atoms with Crippen molar-refractivity contribution in [3.05, 3.63) is 60.2 Å². The second-order valence-electron chi connectivity index (χ2n) is 6.44. The first kappa shape index (κ1) is 20.8. The van der Waals surface area contributed by atoms with E-state index in [1.807, 2.05) is 12.1 Å². The molecule has 4 aromatic rings. The van der Waals surface area contributed by atoms with Gasteiger partial charge in [0.05, 0.1) is 27.0 Å². The van der Waals surface area contributed by atoms with E-state index in [2.05, 4.69) is 19.8 Å². The van der Waals surface area contributed by atoms with Crippen molar-refractivity contribution >= 4 is 28.1 Å². The zero-order valence-corrected chi connectivity index (χ0v) is 17.9. The highest BCUT2D eigenvalue weighted by Gasteiger charge is 2.27. The van der Waals surface area contributed by atoms with Gasteiger partial charge >= 0.3 is 0 Å². The highest BCUT2D eigenvalue weighted by Crippen LogP contribution is 2.38.